The number of amides is 1. The summed E-state index contributed by atoms with van der Waals surface area (Å²) in [6.07, 6.45) is -4.55. The maximum atomic E-state index is 12.5. The van der Waals surface area contributed by atoms with Gasteiger partial charge in [-0.1, -0.05) is 6.07 Å². The van der Waals surface area contributed by atoms with Gasteiger partial charge in [-0.05, 0) is 24.6 Å². The highest BCUT2D eigenvalue weighted by Crippen LogP contribution is 2.30. The normalized spacial score (nSPS) is 11.1. The van der Waals surface area contributed by atoms with Crippen molar-refractivity contribution >= 4 is 11.9 Å². The minimum atomic E-state index is -4.55. The van der Waals surface area contributed by atoms with Gasteiger partial charge in [0.05, 0.1) is 5.56 Å². The van der Waals surface area contributed by atoms with Crippen molar-refractivity contribution in [3.63, 3.8) is 0 Å². The van der Waals surface area contributed by atoms with E-state index in [1.807, 2.05) is 5.32 Å². The Kier molecular flexibility index (Phi) is 3.95. The minimum absolute atomic E-state index is 0.189. The highest BCUT2D eigenvalue weighted by Gasteiger charge is 2.31. The van der Waals surface area contributed by atoms with Crippen LogP contribution in [0.3, 0.4) is 0 Å². The Morgan fingerprint density at radius 2 is 1.94 bits per heavy atom. The number of carboxylic acids is 1. The molecule has 0 atom stereocenters. The van der Waals surface area contributed by atoms with Crippen LogP contribution in [-0.4, -0.2) is 23.5 Å². The number of alkyl halides is 3. The second-order valence-corrected chi connectivity index (χ2v) is 3.60. The number of hydrogen-bond acceptors (Lipinski definition) is 2. The van der Waals surface area contributed by atoms with Gasteiger partial charge in [-0.2, -0.15) is 13.2 Å². The Hall–Kier alpha value is -2.05. The van der Waals surface area contributed by atoms with Crippen LogP contribution in [0.1, 0.15) is 21.5 Å². The molecule has 18 heavy (non-hydrogen) atoms. The number of carbonyl (C=O) groups excluding carboxylic acids is 1. The molecule has 0 aliphatic rings. The van der Waals surface area contributed by atoms with E-state index in [2.05, 4.69) is 0 Å². The van der Waals surface area contributed by atoms with Crippen LogP contribution < -0.4 is 5.32 Å². The molecule has 7 heteroatoms. The van der Waals surface area contributed by atoms with E-state index in [0.717, 1.165) is 6.07 Å². The van der Waals surface area contributed by atoms with Crippen LogP contribution in [0.4, 0.5) is 13.2 Å². The molecule has 1 aromatic carbocycles. The van der Waals surface area contributed by atoms with Crippen molar-refractivity contribution in [1.82, 2.24) is 5.32 Å². The molecule has 0 fully saturated rings. The van der Waals surface area contributed by atoms with Gasteiger partial charge in [0.15, 0.2) is 0 Å². The number of rotatable bonds is 3. The number of aliphatic carboxylic acids is 1. The highest BCUT2D eigenvalue weighted by molar-refractivity contribution is 5.97. The van der Waals surface area contributed by atoms with E-state index in [4.69, 9.17) is 5.11 Å². The van der Waals surface area contributed by atoms with Gasteiger partial charge in [-0.3, -0.25) is 9.59 Å². The van der Waals surface area contributed by atoms with Crippen LogP contribution in [0.25, 0.3) is 0 Å². The van der Waals surface area contributed by atoms with E-state index in [1.165, 1.54) is 13.0 Å². The minimum Gasteiger partial charge on any atom is -0.480 e. The molecular formula is C11H10F3NO3. The topological polar surface area (TPSA) is 66.4 Å². The molecule has 4 nitrogen and oxygen atoms in total. The third-order valence-electron chi connectivity index (χ3n) is 2.21. The second-order valence-electron chi connectivity index (χ2n) is 3.60. The Bertz CT molecular complexity index is 483. The fraction of sp³-hybridized carbons (Fsp3) is 0.273. The monoisotopic (exact) mass is 261 g/mol. The molecule has 0 heterocycles. The summed E-state index contributed by atoms with van der Waals surface area (Å²) < 4.78 is 37.4. The molecule has 1 amide bonds. The average molecular weight is 261 g/mol. The summed E-state index contributed by atoms with van der Waals surface area (Å²) in [5.74, 6) is -2.12. The number of halogens is 3. The van der Waals surface area contributed by atoms with Gasteiger partial charge in [0, 0.05) is 5.56 Å². The summed E-state index contributed by atoms with van der Waals surface area (Å²) >= 11 is 0. The van der Waals surface area contributed by atoms with Gasteiger partial charge in [-0.25, -0.2) is 0 Å². The fourth-order valence-corrected chi connectivity index (χ4v) is 1.29. The predicted octanol–water partition coefficient (Wildman–Crippen LogP) is 1.83. The van der Waals surface area contributed by atoms with Gasteiger partial charge >= 0.3 is 12.1 Å². The lowest BCUT2D eigenvalue weighted by Gasteiger charge is -2.11. The molecule has 0 aromatic heterocycles. The molecule has 0 radical (unpaired) electrons. The van der Waals surface area contributed by atoms with Crippen LogP contribution in [0, 0.1) is 6.92 Å². The number of carboxylic acid groups (broad SMARTS) is 1. The van der Waals surface area contributed by atoms with Crippen molar-refractivity contribution in [1.29, 1.82) is 0 Å². The third-order valence-corrected chi connectivity index (χ3v) is 2.21. The molecule has 0 saturated heterocycles. The summed E-state index contributed by atoms with van der Waals surface area (Å²) in [4.78, 5) is 21.8. The SMILES string of the molecule is Cc1ccc(C(F)(F)F)cc1C(=O)NCC(=O)O. The van der Waals surface area contributed by atoms with E-state index >= 15 is 0 Å². The zero-order valence-electron chi connectivity index (χ0n) is 9.34. The van der Waals surface area contributed by atoms with Gasteiger partial charge in [0.25, 0.3) is 5.91 Å². The van der Waals surface area contributed by atoms with Crippen LogP contribution in [-0.2, 0) is 11.0 Å². The molecule has 0 aliphatic heterocycles. The van der Waals surface area contributed by atoms with Crippen molar-refractivity contribution in [2.75, 3.05) is 6.54 Å². The Labute approximate surface area is 100 Å². The molecule has 1 aromatic rings. The van der Waals surface area contributed by atoms with Gasteiger partial charge in [0.1, 0.15) is 6.54 Å². The first-order chi connectivity index (χ1) is 8.21. The zero-order chi connectivity index (χ0) is 13.9. The molecule has 0 saturated carbocycles. The molecule has 0 bridgehead atoms. The number of carbonyl (C=O) groups is 2. The molecule has 0 spiro atoms. The van der Waals surface area contributed by atoms with E-state index in [9.17, 15) is 22.8 Å². The largest absolute Gasteiger partial charge is 0.480 e. The number of aryl methyl sites for hydroxylation is 1. The number of benzene rings is 1. The van der Waals surface area contributed by atoms with Crippen molar-refractivity contribution in [2.45, 2.75) is 13.1 Å². The lowest BCUT2D eigenvalue weighted by atomic mass is 10.0. The lowest BCUT2D eigenvalue weighted by molar-refractivity contribution is -0.138. The number of hydrogen-bond donors (Lipinski definition) is 2. The molecule has 98 valence electrons. The second kappa shape index (κ2) is 5.07. The summed E-state index contributed by atoms with van der Waals surface area (Å²) in [6.45, 7) is 0.824. The quantitative estimate of drug-likeness (QED) is 0.872. The first-order valence-corrected chi connectivity index (χ1v) is 4.89. The van der Waals surface area contributed by atoms with Crippen LogP contribution in [0.5, 0.6) is 0 Å². The van der Waals surface area contributed by atoms with E-state index in [0.29, 0.717) is 11.6 Å². The molecule has 0 aliphatic carbocycles. The van der Waals surface area contributed by atoms with Crippen LogP contribution in [0.2, 0.25) is 0 Å². The summed E-state index contributed by atoms with van der Waals surface area (Å²) in [5.41, 5.74) is -0.800. The van der Waals surface area contributed by atoms with Gasteiger partial charge in [-0.15, -0.1) is 0 Å². The van der Waals surface area contributed by atoms with Gasteiger partial charge < -0.3 is 10.4 Å². The average Bonchev–Trinajstić information content (AvgIpc) is 2.24. The highest BCUT2D eigenvalue weighted by atomic mass is 19.4. The molecule has 0 unspecified atom stereocenters. The van der Waals surface area contributed by atoms with E-state index < -0.39 is 30.2 Å². The third kappa shape index (κ3) is 3.47. The molecule has 1 rings (SSSR count). The van der Waals surface area contributed by atoms with Gasteiger partial charge in [0.2, 0.25) is 0 Å². The lowest BCUT2D eigenvalue weighted by Crippen LogP contribution is -2.30. The van der Waals surface area contributed by atoms with Crippen molar-refractivity contribution in [3.05, 3.63) is 34.9 Å². The van der Waals surface area contributed by atoms with Crippen molar-refractivity contribution in [3.8, 4) is 0 Å². The maximum Gasteiger partial charge on any atom is 0.416 e. The predicted molar refractivity (Wildman–Crippen MR) is 56.2 cm³/mol. The van der Waals surface area contributed by atoms with Crippen molar-refractivity contribution in [2.24, 2.45) is 0 Å². The Morgan fingerprint density at radius 1 is 1.33 bits per heavy atom. The Balaban J connectivity index is 3.01. The first kappa shape index (κ1) is 14.0. The van der Waals surface area contributed by atoms with Crippen LogP contribution >= 0.6 is 0 Å². The van der Waals surface area contributed by atoms with E-state index in [-0.39, 0.29) is 5.56 Å². The summed E-state index contributed by atoms with van der Waals surface area (Å²) in [6, 6.07) is 2.73. The maximum absolute atomic E-state index is 12.5. The standard InChI is InChI=1S/C11H10F3NO3/c1-6-2-3-7(11(12,13)14)4-8(6)10(18)15-5-9(16)17/h2-4H,5H2,1H3,(H,15,18)(H,16,17). The number of nitrogens with one attached hydrogen (secondary N) is 1. The van der Waals surface area contributed by atoms with Crippen LogP contribution in [0.15, 0.2) is 18.2 Å². The zero-order valence-corrected chi connectivity index (χ0v) is 9.34. The smallest absolute Gasteiger partial charge is 0.416 e. The summed E-state index contributed by atoms with van der Waals surface area (Å²) in [5, 5.41) is 10.4. The Morgan fingerprint density at radius 3 is 2.44 bits per heavy atom. The summed E-state index contributed by atoms with van der Waals surface area (Å²) in [7, 11) is 0. The first-order valence-electron chi connectivity index (χ1n) is 4.89. The molecule has 2 N–H and O–H groups in total. The fourth-order valence-electron chi connectivity index (χ4n) is 1.29. The molecular weight excluding hydrogens is 251 g/mol. The van der Waals surface area contributed by atoms with Crippen molar-refractivity contribution < 1.29 is 27.9 Å². The van der Waals surface area contributed by atoms with E-state index in [1.54, 1.807) is 0 Å².